The smallest absolute Gasteiger partial charge is 0.293 e. The van der Waals surface area contributed by atoms with E-state index in [0.29, 0.717) is 25.3 Å². The van der Waals surface area contributed by atoms with E-state index in [2.05, 4.69) is 15.6 Å². The van der Waals surface area contributed by atoms with Crippen LogP contribution in [0.1, 0.15) is 40.0 Å². The molecule has 1 heterocycles. The molecule has 0 radical (unpaired) electrons. The van der Waals surface area contributed by atoms with E-state index < -0.39 is 0 Å². The van der Waals surface area contributed by atoms with Crippen molar-refractivity contribution in [3.05, 3.63) is 22.7 Å². The molecule has 6 nitrogen and oxygen atoms in total. The molecule has 0 saturated heterocycles. The lowest BCUT2D eigenvalue weighted by atomic mass is 10.2. The van der Waals surface area contributed by atoms with Crippen LogP contribution in [0.25, 0.3) is 0 Å². The van der Waals surface area contributed by atoms with Gasteiger partial charge in [-0.25, -0.2) is 4.98 Å². The van der Waals surface area contributed by atoms with Gasteiger partial charge >= 0.3 is 0 Å². The number of rotatable bonds is 8. The first kappa shape index (κ1) is 16.2. The van der Waals surface area contributed by atoms with Crippen molar-refractivity contribution in [1.82, 2.24) is 14.9 Å². The van der Waals surface area contributed by atoms with E-state index in [1.165, 1.54) is 0 Å². The average Bonchev–Trinajstić information content (AvgIpc) is 2.43. The third-order valence-corrected chi connectivity index (χ3v) is 3.04. The molecule has 0 aliphatic rings. The van der Waals surface area contributed by atoms with Crippen LogP contribution in [0, 0.1) is 0 Å². The van der Waals surface area contributed by atoms with Crippen LogP contribution >= 0.6 is 0 Å². The maximum atomic E-state index is 12.0. The summed E-state index contributed by atoms with van der Waals surface area (Å²) in [6.07, 6.45) is 5.39. The van der Waals surface area contributed by atoms with Gasteiger partial charge in [-0.15, -0.1) is 0 Å². The molecule has 1 amide bonds. The summed E-state index contributed by atoms with van der Waals surface area (Å²) in [5.41, 5.74) is -0.142. The van der Waals surface area contributed by atoms with E-state index in [1.807, 2.05) is 20.8 Å². The molecule has 0 spiro atoms. The Kier molecular flexibility index (Phi) is 6.76. The molecule has 0 fully saturated rings. The van der Waals surface area contributed by atoms with Crippen LogP contribution in [0.4, 0.5) is 5.82 Å². The van der Waals surface area contributed by atoms with Gasteiger partial charge in [-0.05, 0) is 19.8 Å². The highest BCUT2D eigenvalue weighted by atomic mass is 16.1. The van der Waals surface area contributed by atoms with E-state index in [1.54, 1.807) is 17.0 Å². The summed E-state index contributed by atoms with van der Waals surface area (Å²) < 4.78 is 1.62. The zero-order chi connectivity index (χ0) is 15.0. The van der Waals surface area contributed by atoms with E-state index in [-0.39, 0.29) is 17.5 Å². The second-order valence-corrected chi connectivity index (χ2v) is 4.83. The monoisotopic (exact) mass is 280 g/mol. The van der Waals surface area contributed by atoms with Crippen molar-refractivity contribution in [2.45, 2.75) is 52.6 Å². The number of hydrogen-bond acceptors (Lipinski definition) is 4. The van der Waals surface area contributed by atoms with Crippen LogP contribution in [0.2, 0.25) is 0 Å². The first-order valence-electron chi connectivity index (χ1n) is 7.17. The molecule has 0 aromatic carbocycles. The molecule has 20 heavy (non-hydrogen) atoms. The lowest BCUT2D eigenvalue weighted by molar-refractivity contribution is -0.121. The summed E-state index contributed by atoms with van der Waals surface area (Å²) in [6, 6.07) is 0.180. The molecule has 1 rings (SSSR count). The molecule has 112 valence electrons. The molecule has 2 N–H and O–H groups in total. The second-order valence-electron chi connectivity index (χ2n) is 4.83. The number of carbonyl (C=O) groups excluding carboxylic acids is 1. The van der Waals surface area contributed by atoms with Crippen molar-refractivity contribution in [2.24, 2.45) is 0 Å². The van der Waals surface area contributed by atoms with Crippen molar-refractivity contribution >= 4 is 11.7 Å². The quantitative estimate of drug-likeness (QED) is 0.754. The third-order valence-electron chi connectivity index (χ3n) is 3.04. The van der Waals surface area contributed by atoms with Gasteiger partial charge in [-0.3, -0.25) is 9.59 Å². The minimum Gasteiger partial charge on any atom is -0.365 e. The zero-order valence-corrected chi connectivity index (χ0v) is 12.5. The Balaban J connectivity index is 2.48. The maximum Gasteiger partial charge on any atom is 0.293 e. The summed E-state index contributed by atoms with van der Waals surface area (Å²) >= 11 is 0. The lowest BCUT2D eigenvalue weighted by Gasteiger charge is -2.12. The van der Waals surface area contributed by atoms with Crippen molar-refractivity contribution in [3.63, 3.8) is 0 Å². The van der Waals surface area contributed by atoms with Gasteiger partial charge in [0.2, 0.25) is 5.91 Å². The Morgan fingerprint density at radius 2 is 2.20 bits per heavy atom. The van der Waals surface area contributed by atoms with E-state index >= 15 is 0 Å². The first-order valence-corrected chi connectivity index (χ1v) is 7.17. The molecule has 1 unspecified atom stereocenters. The van der Waals surface area contributed by atoms with Crippen LogP contribution in [0.3, 0.4) is 0 Å². The fraction of sp³-hybridized carbons (Fsp3) is 0.643. The normalized spacial score (nSPS) is 11.9. The number of hydrogen-bond donors (Lipinski definition) is 2. The minimum absolute atomic E-state index is 0.0170. The Bertz CT molecular complexity index is 484. The fourth-order valence-corrected chi connectivity index (χ4v) is 1.73. The van der Waals surface area contributed by atoms with Gasteiger partial charge in [-0.2, -0.15) is 0 Å². The number of amides is 1. The fourth-order valence-electron chi connectivity index (χ4n) is 1.73. The summed E-state index contributed by atoms with van der Waals surface area (Å²) in [6.45, 7) is 7.07. The second kappa shape index (κ2) is 8.35. The van der Waals surface area contributed by atoms with Crippen LogP contribution in [0.5, 0.6) is 0 Å². The summed E-state index contributed by atoms with van der Waals surface area (Å²) in [4.78, 5) is 27.6. The third kappa shape index (κ3) is 5.03. The van der Waals surface area contributed by atoms with Gasteiger partial charge in [-0.1, -0.05) is 13.8 Å². The van der Waals surface area contributed by atoms with Crippen LogP contribution in [0.15, 0.2) is 17.2 Å². The van der Waals surface area contributed by atoms with Gasteiger partial charge in [0.1, 0.15) is 0 Å². The molecule has 0 bridgehead atoms. The van der Waals surface area contributed by atoms with Gasteiger partial charge in [0.25, 0.3) is 5.56 Å². The number of aromatic nitrogens is 2. The van der Waals surface area contributed by atoms with Gasteiger partial charge in [0, 0.05) is 37.9 Å². The van der Waals surface area contributed by atoms with Crippen molar-refractivity contribution in [1.29, 1.82) is 0 Å². The van der Waals surface area contributed by atoms with Crippen LogP contribution in [-0.4, -0.2) is 28.0 Å². The highest BCUT2D eigenvalue weighted by molar-refractivity contribution is 5.76. The van der Waals surface area contributed by atoms with Gasteiger partial charge < -0.3 is 15.2 Å². The van der Waals surface area contributed by atoms with E-state index in [0.717, 1.165) is 12.8 Å². The predicted octanol–water partition coefficient (Wildman–Crippen LogP) is 1.37. The van der Waals surface area contributed by atoms with Crippen LogP contribution < -0.4 is 16.2 Å². The molecule has 1 aromatic rings. The first-order chi connectivity index (χ1) is 9.58. The van der Waals surface area contributed by atoms with E-state index in [9.17, 15) is 9.59 Å². The Morgan fingerprint density at radius 1 is 1.45 bits per heavy atom. The van der Waals surface area contributed by atoms with Crippen molar-refractivity contribution < 1.29 is 4.79 Å². The average molecular weight is 280 g/mol. The van der Waals surface area contributed by atoms with Gasteiger partial charge in [0.15, 0.2) is 5.82 Å². The number of aryl methyl sites for hydroxylation is 1. The standard InChI is InChI=1S/C14H24N4O2/c1-4-9-18-10-8-16-13(14(18)20)15-7-6-12(19)17-11(3)5-2/h8,10-11H,4-7,9H2,1-3H3,(H,15,16)(H,17,19). The lowest BCUT2D eigenvalue weighted by Crippen LogP contribution is -2.33. The van der Waals surface area contributed by atoms with Gasteiger partial charge in [0.05, 0.1) is 0 Å². The Labute approximate surface area is 119 Å². The molecule has 0 aliphatic carbocycles. The molecule has 0 saturated carbocycles. The number of nitrogens with one attached hydrogen (secondary N) is 2. The van der Waals surface area contributed by atoms with Crippen molar-refractivity contribution in [2.75, 3.05) is 11.9 Å². The van der Waals surface area contributed by atoms with E-state index in [4.69, 9.17) is 0 Å². The molecule has 1 aromatic heterocycles. The highest BCUT2D eigenvalue weighted by Gasteiger charge is 2.07. The SMILES string of the molecule is CCCn1ccnc(NCCC(=O)NC(C)CC)c1=O. The molecule has 1 atom stereocenters. The summed E-state index contributed by atoms with van der Waals surface area (Å²) in [7, 11) is 0. The maximum absolute atomic E-state index is 12.0. The predicted molar refractivity (Wildman–Crippen MR) is 79.8 cm³/mol. The molecular formula is C14H24N4O2. The Morgan fingerprint density at radius 3 is 2.85 bits per heavy atom. The van der Waals surface area contributed by atoms with Crippen molar-refractivity contribution in [3.8, 4) is 0 Å². The zero-order valence-electron chi connectivity index (χ0n) is 12.5. The Hall–Kier alpha value is -1.85. The summed E-state index contributed by atoms with van der Waals surface area (Å²) in [5.74, 6) is 0.286. The highest BCUT2D eigenvalue weighted by Crippen LogP contribution is 1.95. The molecule has 6 heteroatoms. The molecular weight excluding hydrogens is 256 g/mol. The van der Waals surface area contributed by atoms with Crippen LogP contribution in [-0.2, 0) is 11.3 Å². The number of anilines is 1. The number of carbonyl (C=O) groups is 1. The topological polar surface area (TPSA) is 76.0 Å². The number of nitrogens with zero attached hydrogens (tertiary/aromatic N) is 2. The molecule has 0 aliphatic heterocycles. The minimum atomic E-state index is -0.142. The largest absolute Gasteiger partial charge is 0.365 e. The summed E-state index contributed by atoms with van der Waals surface area (Å²) in [5, 5.41) is 5.81.